The van der Waals surface area contributed by atoms with Crippen molar-refractivity contribution in [2.24, 2.45) is 0 Å². The van der Waals surface area contributed by atoms with Crippen molar-refractivity contribution < 1.29 is 22.7 Å². The Morgan fingerprint density at radius 3 is 2.58 bits per heavy atom. The number of esters is 1. The van der Waals surface area contributed by atoms with Crippen LogP contribution in [0.15, 0.2) is 22.5 Å². The molecule has 1 aromatic heterocycles. The fourth-order valence-corrected chi connectivity index (χ4v) is 4.67. The van der Waals surface area contributed by atoms with E-state index < -0.39 is 33.1 Å². The third-order valence-electron chi connectivity index (χ3n) is 3.48. The number of thiazole rings is 1. The van der Waals surface area contributed by atoms with E-state index in [2.05, 4.69) is 15.6 Å². The van der Waals surface area contributed by atoms with Crippen LogP contribution in [0.5, 0.6) is 0 Å². The van der Waals surface area contributed by atoms with E-state index in [4.69, 9.17) is 4.74 Å². The van der Waals surface area contributed by atoms with Gasteiger partial charge in [0.05, 0.1) is 22.1 Å². The van der Waals surface area contributed by atoms with Crippen molar-refractivity contribution >= 4 is 49.1 Å². The van der Waals surface area contributed by atoms with Crippen LogP contribution in [0.3, 0.4) is 0 Å². The number of hydrogen-bond acceptors (Lipinski definition) is 7. The summed E-state index contributed by atoms with van der Waals surface area (Å²) in [5.74, 6) is -0.524. The second kappa shape index (κ2) is 8.00. The lowest BCUT2D eigenvalue weighted by Crippen LogP contribution is -2.41. The molecule has 0 saturated carbocycles. The third-order valence-corrected chi connectivity index (χ3v) is 7.06. The lowest BCUT2D eigenvalue weighted by molar-refractivity contribution is -0.144. The van der Waals surface area contributed by atoms with Gasteiger partial charge in [0.25, 0.3) is 0 Å². The number of nitrogens with zero attached hydrogens (tertiary/aromatic N) is 1. The minimum Gasteiger partial charge on any atom is -0.464 e. The second-order valence-corrected chi connectivity index (χ2v) is 9.54. The van der Waals surface area contributed by atoms with E-state index in [1.54, 1.807) is 39.0 Å². The number of carbonyl (C=O) groups excluding carboxylic acids is 2. The first-order chi connectivity index (χ1) is 12.1. The molecule has 142 valence electrons. The Hall–Kier alpha value is -2.20. The Morgan fingerprint density at radius 2 is 1.96 bits per heavy atom. The molecule has 0 aliphatic carbocycles. The predicted octanol–water partition coefficient (Wildman–Crippen LogP) is 2.55. The molecule has 8 nitrogen and oxygen atoms in total. The van der Waals surface area contributed by atoms with Gasteiger partial charge >= 0.3 is 12.0 Å². The molecule has 2 rings (SSSR count). The summed E-state index contributed by atoms with van der Waals surface area (Å²) in [6.07, 6.45) is 0. The molecule has 0 bridgehead atoms. The third kappa shape index (κ3) is 4.50. The number of rotatable bonds is 6. The van der Waals surface area contributed by atoms with Crippen LogP contribution in [0.2, 0.25) is 0 Å². The fraction of sp³-hybridized carbons (Fsp3) is 0.438. The summed E-state index contributed by atoms with van der Waals surface area (Å²) in [7, 11) is -3.45. The van der Waals surface area contributed by atoms with E-state index in [1.807, 2.05) is 0 Å². The van der Waals surface area contributed by atoms with Gasteiger partial charge in [0.15, 0.2) is 0 Å². The van der Waals surface area contributed by atoms with Gasteiger partial charge in [0.1, 0.15) is 6.04 Å². The second-order valence-electron chi connectivity index (χ2n) is 5.83. The quantitative estimate of drug-likeness (QED) is 0.722. The van der Waals surface area contributed by atoms with Gasteiger partial charge in [-0.05, 0) is 45.9 Å². The number of aromatic nitrogens is 1. The lowest BCUT2D eigenvalue weighted by atomic mass is 10.3. The standard InChI is InChI=1S/C16H21N3O5S2/c1-5-24-14(20)10(4)17-15(21)18-11-6-7-12-13(8-11)25-16(19-12)26(22,23)9(2)3/h6-10H,5H2,1-4H3,(H2,17,18,21). The summed E-state index contributed by atoms with van der Waals surface area (Å²) >= 11 is 1.05. The first-order valence-corrected chi connectivity index (χ1v) is 10.4. The van der Waals surface area contributed by atoms with Crippen LogP contribution in [0, 0.1) is 0 Å². The Kier molecular flexibility index (Phi) is 6.19. The van der Waals surface area contributed by atoms with Crippen LogP contribution in [-0.4, -0.2) is 43.3 Å². The Balaban J connectivity index is 2.14. The van der Waals surface area contributed by atoms with Gasteiger partial charge in [-0.15, -0.1) is 11.3 Å². The fourth-order valence-electron chi connectivity index (χ4n) is 1.99. The zero-order valence-corrected chi connectivity index (χ0v) is 16.5. The van der Waals surface area contributed by atoms with Crippen molar-refractivity contribution in [2.75, 3.05) is 11.9 Å². The predicted molar refractivity (Wildman–Crippen MR) is 100 cm³/mol. The van der Waals surface area contributed by atoms with Crippen molar-refractivity contribution in [3.05, 3.63) is 18.2 Å². The molecule has 1 heterocycles. The number of nitrogens with one attached hydrogen (secondary N) is 2. The molecule has 0 saturated heterocycles. The largest absolute Gasteiger partial charge is 0.464 e. The first-order valence-electron chi connectivity index (χ1n) is 8.03. The summed E-state index contributed by atoms with van der Waals surface area (Å²) in [4.78, 5) is 27.7. The van der Waals surface area contributed by atoms with Crippen molar-refractivity contribution in [2.45, 2.75) is 43.3 Å². The smallest absolute Gasteiger partial charge is 0.328 e. The molecule has 0 aliphatic rings. The molecule has 1 unspecified atom stereocenters. The summed E-state index contributed by atoms with van der Waals surface area (Å²) in [5.41, 5.74) is 1.00. The maximum absolute atomic E-state index is 12.2. The highest BCUT2D eigenvalue weighted by Crippen LogP contribution is 2.29. The molecule has 2 amide bonds. The number of benzene rings is 1. The molecule has 1 atom stereocenters. The van der Waals surface area contributed by atoms with E-state index in [0.29, 0.717) is 15.9 Å². The van der Waals surface area contributed by atoms with E-state index in [-0.39, 0.29) is 10.9 Å². The molecule has 0 radical (unpaired) electrons. The van der Waals surface area contributed by atoms with E-state index >= 15 is 0 Å². The minimum absolute atomic E-state index is 0.0556. The maximum atomic E-state index is 12.2. The van der Waals surface area contributed by atoms with Gasteiger partial charge in [-0.1, -0.05) is 0 Å². The topological polar surface area (TPSA) is 114 Å². The highest BCUT2D eigenvalue weighted by Gasteiger charge is 2.23. The van der Waals surface area contributed by atoms with E-state index in [9.17, 15) is 18.0 Å². The minimum atomic E-state index is -3.45. The van der Waals surface area contributed by atoms with Gasteiger partial charge in [-0.25, -0.2) is 23.0 Å². The molecule has 0 spiro atoms. The van der Waals surface area contributed by atoms with Crippen LogP contribution in [0.1, 0.15) is 27.7 Å². The van der Waals surface area contributed by atoms with Crippen molar-refractivity contribution in [1.29, 1.82) is 0 Å². The number of hydrogen-bond donors (Lipinski definition) is 2. The van der Waals surface area contributed by atoms with Crippen LogP contribution in [0.25, 0.3) is 10.2 Å². The highest BCUT2D eigenvalue weighted by molar-refractivity contribution is 7.94. The number of sulfone groups is 1. The normalized spacial score (nSPS) is 12.8. The molecule has 2 aromatic rings. The molecule has 0 aliphatic heterocycles. The van der Waals surface area contributed by atoms with Gasteiger partial charge in [-0.3, -0.25) is 0 Å². The summed E-state index contributed by atoms with van der Waals surface area (Å²) in [6, 6.07) is 3.54. The first kappa shape index (κ1) is 20.1. The Labute approximate surface area is 155 Å². The number of carbonyl (C=O) groups is 2. The zero-order valence-electron chi connectivity index (χ0n) is 14.9. The van der Waals surface area contributed by atoms with Gasteiger partial charge in [0, 0.05) is 5.69 Å². The highest BCUT2D eigenvalue weighted by atomic mass is 32.2. The summed E-state index contributed by atoms with van der Waals surface area (Å²) < 4.78 is 30.0. The van der Waals surface area contributed by atoms with Crippen LogP contribution < -0.4 is 10.6 Å². The molecule has 2 N–H and O–H groups in total. The molecule has 1 aromatic carbocycles. The van der Waals surface area contributed by atoms with Crippen LogP contribution in [0.4, 0.5) is 10.5 Å². The number of urea groups is 1. The van der Waals surface area contributed by atoms with Gasteiger partial charge in [0.2, 0.25) is 14.2 Å². The van der Waals surface area contributed by atoms with E-state index in [0.717, 1.165) is 11.3 Å². The molecule has 0 fully saturated rings. The number of anilines is 1. The van der Waals surface area contributed by atoms with Crippen molar-refractivity contribution in [3.63, 3.8) is 0 Å². The van der Waals surface area contributed by atoms with Crippen LogP contribution >= 0.6 is 11.3 Å². The lowest BCUT2D eigenvalue weighted by Gasteiger charge is -2.13. The van der Waals surface area contributed by atoms with Gasteiger partial charge in [-0.2, -0.15) is 0 Å². The average molecular weight is 399 g/mol. The molecular weight excluding hydrogens is 378 g/mol. The molecule has 26 heavy (non-hydrogen) atoms. The summed E-state index contributed by atoms with van der Waals surface area (Å²) in [5, 5.41) is 4.52. The monoisotopic (exact) mass is 399 g/mol. The molecular formula is C16H21N3O5S2. The van der Waals surface area contributed by atoms with Crippen molar-refractivity contribution in [1.82, 2.24) is 10.3 Å². The summed E-state index contributed by atoms with van der Waals surface area (Å²) in [6.45, 7) is 6.64. The zero-order chi connectivity index (χ0) is 19.5. The number of fused-ring (bicyclic) bond motifs is 1. The van der Waals surface area contributed by atoms with E-state index in [1.165, 1.54) is 6.92 Å². The Bertz CT molecular complexity index is 921. The molecule has 10 heteroatoms. The number of ether oxygens (including phenoxy) is 1. The van der Waals surface area contributed by atoms with Crippen molar-refractivity contribution in [3.8, 4) is 0 Å². The maximum Gasteiger partial charge on any atom is 0.328 e. The number of amides is 2. The average Bonchev–Trinajstić information content (AvgIpc) is 2.98. The SMILES string of the molecule is CCOC(=O)C(C)NC(=O)Nc1ccc2nc(S(=O)(=O)C(C)C)sc2c1. The van der Waals surface area contributed by atoms with Gasteiger partial charge < -0.3 is 15.4 Å². The van der Waals surface area contributed by atoms with Crippen LogP contribution in [-0.2, 0) is 19.4 Å². The Morgan fingerprint density at radius 1 is 1.27 bits per heavy atom.